The van der Waals surface area contributed by atoms with Gasteiger partial charge in [-0.05, 0) is 42.0 Å². The lowest BCUT2D eigenvalue weighted by Crippen LogP contribution is -2.16. The van der Waals surface area contributed by atoms with Crippen LogP contribution in [0.1, 0.15) is 21.5 Å². The average Bonchev–Trinajstić information content (AvgIpc) is 2.82. The van der Waals surface area contributed by atoms with Crippen LogP contribution in [0.25, 0.3) is 11.0 Å². The zero-order chi connectivity index (χ0) is 23.4. The van der Waals surface area contributed by atoms with Crippen LogP contribution in [-0.4, -0.2) is 31.9 Å². The monoisotopic (exact) mass is 464 g/mol. The fraction of sp³-hybridized carbons (Fsp3) is 0.120. The zero-order valence-electron chi connectivity index (χ0n) is 17.4. The molecule has 0 radical (unpaired) electrons. The highest BCUT2D eigenvalue weighted by molar-refractivity contribution is 7.91. The predicted octanol–water partition coefficient (Wildman–Crippen LogP) is 3.72. The molecule has 33 heavy (non-hydrogen) atoms. The van der Waals surface area contributed by atoms with E-state index >= 15 is 0 Å². The number of esters is 1. The second-order valence-electron chi connectivity index (χ2n) is 7.35. The highest BCUT2D eigenvalue weighted by Gasteiger charge is 2.17. The molecular formula is C25H20O7S. The zero-order valence-corrected chi connectivity index (χ0v) is 18.2. The van der Waals surface area contributed by atoms with Crippen LogP contribution in [0.2, 0.25) is 0 Å². The summed E-state index contributed by atoms with van der Waals surface area (Å²) < 4.78 is 34.9. The molecule has 0 atom stereocenters. The van der Waals surface area contributed by atoms with Crippen molar-refractivity contribution >= 4 is 26.8 Å². The van der Waals surface area contributed by atoms with E-state index in [1.54, 1.807) is 54.6 Å². The summed E-state index contributed by atoms with van der Waals surface area (Å²) >= 11 is 0. The molecule has 1 N–H and O–H groups in total. The Bertz CT molecular complexity index is 1450. The van der Waals surface area contributed by atoms with E-state index in [2.05, 4.69) is 0 Å². The number of sulfone groups is 1. The first-order chi connectivity index (χ1) is 15.8. The molecule has 0 fully saturated rings. The number of hydrogen-bond acceptors (Lipinski definition) is 7. The van der Waals surface area contributed by atoms with E-state index in [1.165, 1.54) is 24.3 Å². The molecule has 0 amide bonds. The normalized spacial score (nSPS) is 11.4. The maximum absolute atomic E-state index is 12.3. The van der Waals surface area contributed by atoms with Crippen LogP contribution < -0.4 is 5.63 Å². The van der Waals surface area contributed by atoms with Gasteiger partial charge in [0.2, 0.25) is 0 Å². The van der Waals surface area contributed by atoms with Crippen molar-refractivity contribution in [3.63, 3.8) is 0 Å². The van der Waals surface area contributed by atoms with Crippen LogP contribution in [0, 0.1) is 0 Å². The molecule has 3 aromatic carbocycles. The molecule has 168 valence electrons. The third-order valence-electron chi connectivity index (χ3n) is 5.14. The fourth-order valence-corrected chi connectivity index (χ4v) is 4.47. The number of benzene rings is 3. The summed E-state index contributed by atoms with van der Waals surface area (Å²) in [6.45, 7) is -0.274. The summed E-state index contributed by atoms with van der Waals surface area (Å²) in [6, 6.07) is 21.0. The minimum Gasteiger partial charge on any atom is -0.507 e. The largest absolute Gasteiger partial charge is 0.507 e. The Labute approximate surface area is 189 Å². The second kappa shape index (κ2) is 9.30. The molecule has 1 aromatic heterocycles. The van der Waals surface area contributed by atoms with Gasteiger partial charge in [0.25, 0.3) is 0 Å². The van der Waals surface area contributed by atoms with E-state index in [0.717, 1.165) is 0 Å². The van der Waals surface area contributed by atoms with Crippen molar-refractivity contribution in [2.24, 2.45) is 0 Å². The van der Waals surface area contributed by atoms with Gasteiger partial charge in [-0.25, -0.2) is 18.0 Å². The Hall–Kier alpha value is -3.91. The first kappa shape index (κ1) is 22.3. The molecule has 1 heterocycles. The number of fused-ring (bicyclic) bond motifs is 1. The lowest BCUT2D eigenvalue weighted by molar-refractivity contribution is 0.0529. The van der Waals surface area contributed by atoms with Gasteiger partial charge < -0.3 is 14.3 Å². The fourth-order valence-electron chi connectivity index (χ4n) is 3.36. The van der Waals surface area contributed by atoms with Crippen LogP contribution in [-0.2, 0) is 21.0 Å². The Morgan fingerprint density at radius 1 is 0.909 bits per heavy atom. The van der Waals surface area contributed by atoms with Crippen LogP contribution in [0.15, 0.2) is 93.0 Å². The number of carbonyl (C=O) groups is 1. The lowest BCUT2D eigenvalue weighted by Gasteiger charge is -2.08. The molecule has 8 heteroatoms. The maximum Gasteiger partial charge on any atom is 0.343 e. The maximum atomic E-state index is 12.3. The number of hydrogen-bond donors (Lipinski definition) is 1. The van der Waals surface area contributed by atoms with E-state index < -0.39 is 21.4 Å². The van der Waals surface area contributed by atoms with Gasteiger partial charge in [0.1, 0.15) is 17.9 Å². The van der Waals surface area contributed by atoms with Gasteiger partial charge in [0.05, 0.1) is 27.2 Å². The second-order valence-corrected chi connectivity index (χ2v) is 9.46. The van der Waals surface area contributed by atoms with Crippen molar-refractivity contribution in [1.29, 1.82) is 0 Å². The van der Waals surface area contributed by atoms with Crippen molar-refractivity contribution < 1.29 is 27.5 Å². The molecule has 4 rings (SSSR count). The Kier molecular flexibility index (Phi) is 6.28. The molecular weight excluding hydrogens is 444 g/mol. The minimum absolute atomic E-state index is 0.115. The van der Waals surface area contributed by atoms with Gasteiger partial charge in [0.15, 0.2) is 9.84 Å². The summed E-state index contributed by atoms with van der Waals surface area (Å²) in [6.07, 6.45) is 0.115. The van der Waals surface area contributed by atoms with E-state index in [9.17, 15) is 23.1 Å². The van der Waals surface area contributed by atoms with Crippen LogP contribution in [0.4, 0.5) is 0 Å². The third-order valence-corrected chi connectivity index (χ3v) is 6.83. The first-order valence-corrected chi connectivity index (χ1v) is 11.8. The van der Waals surface area contributed by atoms with E-state index in [0.29, 0.717) is 16.5 Å². The molecule has 0 saturated heterocycles. The van der Waals surface area contributed by atoms with Gasteiger partial charge in [-0.1, -0.05) is 42.5 Å². The standard InChI is InChI=1S/C25H20O7S/c26-23-20-8-4-5-9-22(20)32-25(28)21(23)16-17-10-12-18(13-11-17)24(27)31-14-15-33(29,30)19-6-2-1-3-7-19/h1-13,26H,14-16H2. The highest BCUT2D eigenvalue weighted by atomic mass is 32.2. The number of aromatic hydroxyl groups is 1. The van der Waals surface area contributed by atoms with Gasteiger partial charge in [-0.2, -0.15) is 0 Å². The molecule has 0 aliphatic heterocycles. The van der Waals surface area contributed by atoms with E-state index in [1.807, 2.05) is 0 Å². The van der Waals surface area contributed by atoms with E-state index in [-0.39, 0.29) is 40.6 Å². The van der Waals surface area contributed by atoms with Crippen molar-refractivity contribution in [1.82, 2.24) is 0 Å². The summed E-state index contributed by atoms with van der Waals surface area (Å²) in [5, 5.41) is 10.9. The molecule has 0 aliphatic carbocycles. The Morgan fingerprint density at radius 2 is 1.58 bits per heavy atom. The summed E-state index contributed by atoms with van der Waals surface area (Å²) in [5.74, 6) is -1.11. The average molecular weight is 464 g/mol. The van der Waals surface area contributed by atoms with Crippen molar-refractivity contribution in [3.05, 3.63) is 106 Å². The van der Waals surface area contributed by atoms with Gasteiger partial charge in [-0.15, -0.1) is 0 Å². The lowest BCUT2D eigenvalue weighted by atomic mass is 10.0. The SMILES string of the molecule is O=C(OCCS(=O)(=O)c1ccccc1)c1ccc(Cc2c(O)c3ccccc3oc2=O)cc1. The highest BCUT2D eigenvalue weighted by Crippen LogP contribution is 2.27. The molecule has 0 saturated carbocycles. The van der Waals surface area contributed by atoms with Crippen molar-refractivity contribution in [2.75, 3.05) is 12.4 Å². The van der Waals surface area contributed by atoms with Gasteiger partial charge >= 0.3 is 11.6 Å². The van der Waals surface area contributed by atoms with Gasteiger partial charge in [-0.3, -0.25) is 0 Å². The Balaban J connectivity index is 1.41. The molecule has 4 aromatic rings. The number of ether oxygens (including phenoxy) is 1. The predicted molar refractivity (Wildman–Crippen MR) is 122 cm³/mol. The summed E-state index contributed by atoms with van der Waals surface area (Å²) in [7, 11) is -3.54. The summed E-state index contributed by atoms with van der Waals surface area (Å²) in [5.41, 5.74) is 0.710. The third kappa shape index (κ3) is 4.96. The molecule has 0 spiro atoms. The number of carbonyl (C=O) groups excluding carboxylic acids is 1. The molecule has 7 nitrogen and oxygen atoms in total. The topological polar surface area (TPSA) is 111 Å². The van der Waals surface area contributed by atoms with Crippen LogP contribution >= 0.6 is 0 Å². The first-order valence-electron chi connectivity index (χ1n) is 10.1. The van der Waals surface area contributed by atoms with Gasteiger partial charge in [0, 0.05) is 6.42 Å². The van der Waals surface area contributed by atoms with Crippen LogP contribution in [0.3, 0.4) is 0 Å². The van der Waals surface area contributed by atoms with E-state index in [4.69, 9.17) is 9.15 Å². The molecule has 0 aliphatic rings. The van der Waals surface area contributed by atoms with Crippen LogP contribution in [0.5, 0.6) is 5.75 Å². The Morgan fingerprint density at radius 3 is 2.30 bits per heavy atom. The summed E-state index contributed by atoms with van der Waals surface area (Å²) in [4.78, 5) is 24.7. The quantitative estimate of drug-likeness (QED) is 0.328. The number of rotatable bonds is 7. The van der Waals surface area contributed by atoms with Crippen molar-refractivity contribution in [2.45, 2.75) is 11.3 Å². The molecule has 0 bridgehead atoms. The number of para-hydroxylation sites is 1. The van der Waals surface area contributed by atoms with Crippen molar-refractivity contribution in [3.8, 4) is 5.75 Å². The smallest absolute Gasteiger partial charge is 0.343 e. The minimum atomic E-state index is -3.54. The molecule has 0 unspecified atom stereocenters.